The van der Waals surface area contributed by atoms with Crippen molar-refractivity contribution in [2.24, 2.45) is 11.3 Å². The Hall–Kier alpha value is -1.06. The van der Waals surface area contributed by atoms with Crippen LogP contribution >= 0.6 is 0 Å². The van der Waals surface area contributed by atoms with Crippen LogP contribution in [0.25, 0.3) is 0 Å². The Balaban J connectivity index is 2.46. The van der Waals surface area contributed by atoms with E-state index < -0.39 is 5.97 Å². The van der Waals surface area contributed by atoms with Gasteiger partial charge in [-0.15, -0.1) is 0 Å². The van der Waals surface area contributed by atoms with Crippen LogP contribution in [0.4, 0.5) is 0 Å². The van der Waals surface area contributed by atoms with Crippen LogP contribution in [-0.4, -0.2) is 23.5 Å². The van der Waals surface area contributed by atoms with Gasteiger partial charge in [0, 0.05) is 13.0 Å². The minimum Gasteiger partial charge on any atom is -0.481 e. The first-order chi connectivity index (χ1) is 9.01. The van der Waals surface area contributed by atoms with Gasteiger partial charge < -0.3 is 10.4 Å². The highest BCUT2D eigenvalue weighted by atomic mass is 16.4. The molecule has 1 rings (SSSR count). The fraction of sp³-hybridized carbons (Fsp3) is 0.867. The van der Waals surface area contributed by atoms with Crippen LogP contribution in [0.2, 0.25) is 0 Å². The average Bonchev–Trinajstić information content (AvgIpc) is 2.77. The van der Waals surface area contributed by atoms with Gasteiger partial charge in [0.2, 0.25) is 5.91 Å². The molecule has 0 atom stereocenters. The van der Waals surface area contributed by atoms with Crippen LogP contribution < -0.4 is 5.32 Å². The normalized spacial score (nSPS) is 17.6. The smallest absolute Gasteiger partial charge is 0.303 e. The third-order valence-corrected chi connectivity index (χ3v) is 4.47. The van der Waals surface area contributed by atoms with Crippen molar-refractivity contribution in [3.8, 4) is 0 Å². The molecule has 0 saturated heterocycles. The van der Waals surface area contributed by atoms with Crippen molar-refractivity contribution < 1.29 is 14.7 Å². The molecule has 0 unspecified atom stereocenters. The standard InChI is InChI=1S/C15H27NO3/c1-3-12(4-2)11-16-13(17)9-15(10-14(18)19)7-5-6-8-15/h12H,3-11H2,1-2H3,(H,16,17)(H,18,19). The molecule has 19 heavy (non-hydrogen) atoms. The molecular formula is C15H27NO3. The van der Waals surface area contributed by atoms with Crippen molar-refractivity contribution in [1.82, 2.24) is 5.32 Å². The van der Waals surface area contributed by atoms with Crippen molar-refractivity contribution in [3.63, 3.8) is 0 Å². The minimum absolute atomic E-state index is 0.0232. The molecule has 0 bridgehead atoms. The molecular weight excluding hydrogens is 242 g/mol. The fourth-order valence-electron chi connectivity index (χ4n) is 3.10. The van der Waals surface area contributed by atoms with Gasteiger partial charge in [-0.1, -0.05) is 39.5 Å². The molecule has 1 aliphatic carbocycles. The SMILES string of the molecule is CCC(CC)CNC(=O)CC1(CC(=O)O)CCCC1. The quantitative estimate of drug-likeness (QED) is 0.712. The van der Waals surface area contributed by atoms with Gasteiger partial charge in [0.05, 0.1) is 6.42 Å². The molecule has 0 spiro atoms. The van der Waals surface area contributed by atoms with E-state index in [9.17, 15) is 9.59 Å². The van der Waals surface area contributed by atoms with E-state index >= 15 is 0 Å². The fourth-order valence-corrected chi connectivity index (χ4v) is 3.10. The monoisotopic (exact) mass is 269 g/mol. The van der Waals surface area contributed by atoms with Crippen LogP contribution in [0.3, 0.4) is 0 Å². The number of hydrogen-bond donors (Lipinski definition) is 2. The predicted molar refractivity (Wildman–Crippen MR) is 74.9 cm³/mol. The van der Waals surface area contributed by atoms with Crippen LogP contribution in [0, 0.1) is 11.3 Å². The van der Waals surface area contributed by atoms with Gasteiger partial charge in [-0.05, 0) is 24.2 Å². The summed E-state index contributed by atoms with van der Waals surface area (Å²) in [6, 6.07) is 0. The van der Waals surface area contributed by atoms with E-state index in [0.29, 0.717) is 12.3 Å². The molecule has 1 fully saturated rings. The Kier molecular flexibility index (Phi) is 6.32. The molecule has 0 radical (unpaired) electrons. The van der Waals surface area contributed by atoms with Crippen LogP contribution in [0.15, 0.2) is 0 Å². The lowest BCUT2D eigenvalue weighted by molar-refractivity contribution is -0.140. The molecule has 0 aromatic heterocycles. The summed E-state index contributed by atoms with van der Waals surface area (Å²) < 4.78 is 0. The van der Waals surface area contributed by atoms with Gasteiger partial charge in [-0.2, -0.15) is 0 Å². The van der Waals surface area contributed by atoms with E-state index in [2.05, 4.69) is 19.2 Å². The maximum absolute atomic E-state index is 12.0. The zero-order chi connectivity index (χ0) is 14.3. The summed E-state index contributed by atoms with van der Waals surface area (Å²) in [6.07, 6.45) is 6.48. The van der Waals surface area contributed by atoms with Gasteiger partial charge in [-0.25, -0.2) is 0 Å². The Labute approximate surface area is 116 Å². The number of hydrogen-bond acceptors (Lipinski definition) is 2. The zero-order valence-electron chi connectivity index (χ0n) is 12.2. The van der Waals surface area contributed by atoms with Crippen molar-refractivity contribution in [2.45, 2.75) is 65.2 Å². The number of rotatable bonds is 8. The minimum atomic E-state index is -0.783. The largest absolute Gasteiger partial charge is 0.481 e. The molecule has 0 heterocycles. The van der Waals surface area contributed by atoms with Crippen molar-refractivity contribution >= 4 is 11.9 Å². The van der Waals surface area contributed by atoms with Gasteiger partial charge in [0.15, 0.2) is 0 Å². The highest BCUT2D eigenvalue weighted by Crippen LogP contribution is 2.43. The lowest BCUT2D eigenvalue weighted by Crippen LogP contribution is -2.34. The summed E-state index contributed by atoms with van der Waals surface area (Å²) in [5.41, 5.74) is -0.288. The van der Waals surface area contributed by atoms with Crippen LogP contribution in [0.5, 0.6) is 0 Å². The van der Waals surface area contributed by atoms with E-state index in [1.54, 1.807) is 0 Å². The first-order valence-corrected chi connectivity index (χ1v) is 7.50. The number of aliphatic carboxylic acids is 1. The molecule has 0 aromatic carbocycles. The molecule has 2 N–H and O–H groups in total. The number of carbonyl (C=O) groups is 2. The van der Waals surface area contributed by atoms with E-state index in [0.717, 1.165) is 45.1 Å². The molecule has 1 amide bonds. The number of nitrogens with one attached hydrogen (secondary N) is 1. The summed E-state index contributed by atoms with van der Waals surface area (Å²) in [5.74, 6) is -0.229. The highest BCUT2D eigenvalue weighted by Gasteiger charge is 2.37. The first kappa shape index (κ1) is 16.0. The van der Waals surface area contributed by atoms with Gasteiger partial charge in [0.1, 0.15) is 0 Å². The summed E-state index contributed by atoms with van der Waals surface area (Å²) in [5, 5.41) is 12.0. The molecule has 1 saturated carbocycles. The maximum Gasteiger partial charge on any atom is 0.303 e. The van der Waals surface area contributed by atoms with Crippen molar-refractivity contribution in [3.05, 3.63) is 0 Å². The van der Waals surface area contributed by atoms with E-state index in [1.807, 2.05) is 0 Å². The first-order valence-electron chi connectivity index (χ1n) is 7.50. The van der Waals surface area contributed by atoms with Gasteiger partial charge in [0.25, 0.3) is 0 Å². The lowest BCUT2D eigenvalue weighted by Gasteiger charge is -2.26. The second-order valence-electron chi connectivity index (χ2n) is 5.94. The second-order valence-corrected chi connectivity index (χ2v) is 5.94. The lowest BCUT2D eigenvalue weighted by atomic mass is 9.79. The van der Waals surface area contributed by atoms with E-state index in [-0.39, 0.29) is 17.7 Å². The Bertz CT molecular complexity index is 305. The molecule has 1 aliphatic rings. The molecule has 4 nitrogen and oxygen atoms in total. The summed E-state index contributed by atoms with van der Waals surface area (Å²) in [7, 11) is 0. The number of amides is 1. The number of carboxylic acids is 1. The molecule has 110 valence electrons. The molecule has 0 aliphatic heterocycles. The average molecular weight is 269 g/mol. The molecule has 4 heteroatoms. The third kappa shape index (κ3) is 5.21. The third-order valence-electron chi connectivity index (χ3n) is 4.47. The number of carboxylic acid groups (broad SMARTS) is 1. The predicted octanol–water partition coefficient (Wildman–Crippen LogP) is 2.96. The summed E-state index contributed by atoms with van der Waals surface area (Å²) in [4.78, 5) is 23.0. The van der Waals surface area contributed by atoms with Crippen LogP contribution in [-0.2, 0) is 9.59 Å². The van der Waals surface area contributed by atoms with Gasteiger partial charge in [-0.3, -0.25) is 9.59 Å². The highest BCUT2D eigenvalue weighted by molar-refractivity contribution is 5.78. The second kappa shape index (κ2) is 7.51. The Morgan fingerprint density at radius 1 is 1.16 bits per heavy atom. The van der Waals surface area contributed by atoms with E-state index in [4.69, 9.17) is 5.11 Å². The number of carbonyl (C=O) groups excluding carboxylic acids is 1. The van der Waals surface area contributed by atoms with Crippen LogP contribution in [0.1, 0.15) is 65.2 Å². The Morgan fingerprint density at radius 3 is 2.21 bits per heavy atom. The van der Waals surface area contributed by atoms with Gasteiger partial charge >= 0.3 is 5.97 Å². The Morgan fingerprint density at radius 2 is 1.74 bits per heavy atom. The molecule has 0 aromatic rings. The summed E-state index contributed by atoms with van der Waals surface area (Å²) in [6.45, 7) is 4.97. The van der Waals surface area contributed by atoms with Crippen molar-refractivity contribution in [2.75, 3.05) is 6.54 Å². The van der Waals surface area contributed by atoms with Crippen molar-refractivity contribution in [1.29, 1.82) is 0 Å². The van der Waals surface area contributed by atoms with E-state index in [1.165, 1.54) is 0 Å². The maximum atomic E-state index is 12.0. The zero-order valence-corrected chi connectivity index (χ0v) is 12.2. The topological polar surface area (TPSA) is 66.4 Å². The summed E-state index contributed by atoms with van der Waals surface area (Å²) >= 11 is 0.